The fourth-order valence-electron chi connectivity index (χ4n) is 8.27. The van der Waals surface area contributed by atoms with Crippen molar-refractivity contribution < 1.29 is 13.2 Å². The quantitative estimate of drug-likeness (QED) is 0.170. The highest BCUT2D eigenvalue weighted by atomic mass is 35.5. The van der Waals surface area contributed by atoms with E-state index in [0.717, 1.165) is 10.9 Å². The number of alkyl halides is 3. The first kappa shape index (κ1) is 37.1. The van der Waals surface area contributed by atoms with Crippen molar-refractivity contribution in [3.8, 4) is 0 Å². The number of halogens is 4. The van der Waals surface area contributed by atoms with E-state index in [1.807, 2.05) is 6.07 Å². The highest BCUT2D eigenvalue weighted by molar-refractivity contribution is 6.30. The van der Waals surface area contributed by atoms with Crippen LogP contribution in [0.3, 0.4) is 0 Å². The molecule has 1 saturated carbocycles. The van der Waals surface area contributed by atoms with Crippen molar-refractivity contribution in [2.45, 2.75) is 134 Å². The predicted octanol–water partition coefficient (Wildman–Crippen LogP) is 13.1. The summed E-state index contributed by atoms with van der Waals surface area (Å²) in [4.78, 5) is 2.52. The summed E-state index contributed by atoms with van der Waals surface area (Å²) in [6.45, 7) is 9.83. The van der Waals surface area contributed by atoms with Crippen molar-refractivity contribution in [2.75, 3.05) is 11.9 Å². The van der Waals surface area contributed by atoms with E-state index >= 15 is 0 Å². The molecule has 0 aliphatic heterocycles. The third-order valence-electron chi connectivity index (χ3n) is 11.3. The molecule has 0 bridgehead atoms. The molecule has 256 valence electrons. The Hall–Kier alpha value is -2.68. The average Bonchev–Trinajstić information content (AvgIpc) is 3.34. The normalized spacial score (nSPS) is 23.6. The fraction of sp³-hybridized carbons (Fsp3) is 0.548. The monoisotopic (exact) mass is 665 g/mol. The van der Waals surface area contributed by atoms with E-state index in [-0.39, 0.29) is 11.6 Å². The molecule has 2 aromatic rings. The minimum absolute atomic E-state index is 0.0486. The van der Waals surface area contributed by atoms with Crippen molar-refractivity contribution in [1.82, 2.24) is 0 Å². The third kappa shape index (κ3) is 9.70. The summed E-state index contributed by atoms with van der Waals surface area (Å²) in [6.07, 6.45) is 19.9. The number of aryl methyl sites for hydroxylation is 1. The van der Waals surface area contributed by atoms with Crippen molar-refractivity contribution in [1.29, 1.82) is 0 Å². The Labute approximate surface area is 287 Å². The number of allylic oxidation sites excluding steroid dienone is 5. The van der Waals surface area contributed by atoms with Crippen LogP contribution in [0.15, 0.2) is 84.1 Å². The second kappa shape index (κ2) is 16.6. The molecule has 2 aromatic carbocycles. The third-order valence-corrected chi connectivity index (χ3v) is 11.5. The molecule has 0 saturated heterocycles. The Morgan fingerprint density at radius 1 is 0.957 bits per heavy atom. The van der Waals surface area contributed by atoms with Crippen LogP contribution in [-0.2, 0) is 18.3 Å². The van der Waals surface area contributed by atoms with E-state index in [2.05, 4.69) is 87.8 Å². The maximum atomic E-state index is 10.9. The van der Waals surface area contributed by atoms with Gasteiger partial charge in [0.2, 0.25) is 0 Å². The van der Waals surface area contributed by atoms with Gasteiger partial charge in [-0.1, -0.05) is 98.9 Å². The largest absolute Gasteiger partial charge is 0.416 e. The molecule has 0 radical (unpaired) electrons. The molecule has 0 aromatic heterocycles. The molecule has 3 aliphatic carbocycles. The van der Waals surface area contributed by atoms with E-state index in [1.165, 1.54) is 102 Å². The number of unbranched alkanes of at least 4 members (excludes halogenated alkanes) is 2. The molecule has 47 heavy (non-hydrogen) atoms. The van der Waals surface area contributed by atoms with Gasteiger partial charge in [-0.3, -0.25) is 0 Å². The molecule has 1 nitrogen and oxygen atoms in total. The van der Waals surface area contributed by atoms with E-state index in [1.54, 1.807) is 33.6 Å². The SMILES string of the molecule is C=C=CC(F)(F)F.CCCc1ccc2c(c1)C1(CCC(C)(N(C)c3cccc(Cl)c3)CC1)C(CCCCCC1=CC=C(CC)CC1)C2. The van der Waals surface area contributed by atoms with Crippen LogP contribution < -0.4 is 4.90 Å². The Kier molecular flexibility index (Phi) is 13.1. The molecule has 5 rings (SSSR count). The van der Waals surface area contributed by atoms with E-state index in [4.69, 9.17) is 11.6 Å². The van der Waals surface area contributed by atoms with Crippen LogP contribution in [0.4, 0.5) is 18.9 Å². The molecule has 5 heteroatoms. The van der Waals surface area contributed by atoms with Crippen LogP contribution in [0.25, 0.3) is 0 Å². The van der Waals surface area contributed by atoms with Crippen molar-refractivity contribution in [3.05, 3.63) is 106 Å². The van der Waals surface area contributed by atoms with Crippen molar-refractivity contribution in [3.63, 3.8) is 0 Å². The Morgan fingerprint density at radius 2 is 1.68 bits per heavy atom. The van der Waals surface area contributed by atoms with Crippen LogP contribution >= 0.6 is 11.6 Å². The Morgan fingerprint density at radius 3 is 2.28 bits per heavy atom. The van der Waals surface area contributed by atoms with Gasteiger partial charge in [0.25, 0.3) is 0 Å². The molecule has 0 N–H and O–H groups in total. The summed E-state index contributed by atoms with van der Waals surface area (Å²) >= 11 is 6.38. The number of hydrogen-bond donors (Lipinski definition) is 0. The zero-order chi connectivity index (χ0) is 34.1. The zero-order valence-corrected chi connectivity index (χ0v) is 29.9. The molecule has 1 unspecified atom stereocenters. The number of anilines is 1. The van der Waals surface area contributed by atoms with Gasteiger partial charge in [0, 0.05) is 23.3 Å². The number of nitrogens with zero attached hydrogens (tertiary/aromatic N) is 1. The lowest BCUT2D eigenvalue weighted by molar-refractivity contribution is -0.0796. The van der Waals surface area contributed by atoms with E-state index in [0.29, 0.717) is 5.41 Å². The first-order valence-corrected chi connectivity index (χ1v) is 18.2. The highest BCUT2D eigenvalue weighted by Gasteiger charge is 2.51. The molecule has 1 spiro atoms. The lowest BCUT2D eigenvalue weighted by Crippen LogP contribution is -2.51. The van der Waals surface area contributed by atoms with Crippen molar-refractivity contribution in [2.24, 2.45) is 5.92 Å². The van der Waals surface area contributed by atoms with Gasteiger partial charge in [0.05, 0.1) is 6.08 Å². The molecule has 1 fully saturated rings. The molecule has 1 atom stereocenters. The topological polar surface area (TPSA) is 3.24 Å². The number of rotatable bonds is 11. The van der Waals surface area contributed by atoms with Gasteiger partial charge in [0.15, 0.2) is 0 Å². The second-order valence-corrected chi connectivity index (χ2v) is 14.8. The Balaban J connectivity index is 0.000000644. The van der Waals surface area contributed by atoms with Gasteiger partial charge in [-0.2, -0.15) is 13.2 Å². The van der Waals surface area contributed by atoms with Crippen LogP contribution in [0.2, 0.25) is 5.02 Å². The van der Waals surface area contributed by atoms with E-state index < -0.39 is 6.18 Å². The minimum Gasteiger partial charge on any atom is -0.369 e. The van der Waals surface area contributed by atoms with Gasteiger partial charge in [-0.15, -0.1) is 5.73 Å². The van der Waals surface area contributed by atoms with Gasteiger partial charge >= 0.3 is 6.18 Å². The number of hydrogen-bond acceptors (Lipinski definition) is 1. The van der Waals surface area contributed by atoms with Crippen molar-refractivity contribution >= 4 is 17.3 Å². The molecule has 3 aliphatic rings. The maximum absolute atomic E-state index is 10.9. The second-order valence-electron chi connectivity index (χ2n) is 14.3. The first-order valence-electron chi connectivity index (χ1n) is 17.9. The molecule has 0 heterocycles. The average molecular weight is 666 g/mol. The summed E-state index contributed by atoms with van der Waals surface area (Å²) in [7, 11) is 2.28. The van der Waals surface area contributed by atoms with E-state index in [9.17, 15) is 13.2 Å². The summed E-state index contributed by atoms with van der Waals surface area (Å²) in [5.74, 6) is 0.796. The number of benzene rings is 2. The lowest BCUT2D eigenvalue weighted by Gasteiger charge is -2.51. The smallest absolute Gasteiger partial charge is 0.369 e. The molecule has 0 amide bonds. The predicted molar refractivity (Wildman–Crippen MR) is 195 cm³/mol. The summed E-state index contributed by atoms with van der Waals surface area (Å²) in [6, 6.07) is 16.0. The summed E-state index contributed by atoms with van der Waals surface area (Å²) in [5, 5.41) is 0.829. The van der Waals surface area contributed by atoms with Crippen LogP contribution in [0.5, 0.6) is 0 Å². The summed E-state index contributed by atoms with van der Waals surface area (Å²) in [5.41, 5.74) is 11.6. The maximum Gasteiger partial charge on any atom is 0.416 e. The number of fused-ring (bicyclic) bond motifs is 2. The van der Waals surface area contributed by atoms with Gasteiger partial charge in [-0.05, 0) is 130 Å². The zero-order valence-electron chi connectivity index (χ0n) is 29.1. The minimum atomic E-state index is -4.25. The van der Waals surface area contributed by atoms with Gasteiger partial charge < -0.3 is 4.90 Å². The lowest BCUT2D eigenvalue weighted by atomic mass is 9.60. The van der Waals surface area contributed by atoms with Crippen LogP contribution in [0, 0.1) is 5.92 Å². The summed E-state index contributed by atoms with van der Waals surface area (Å²) < 4.78 is 32.7. The van der Waals surface area contributed by atoms with Crippen LogP contribution in [-0.4, -0.2) is 18.8 Å². The highest BCUT2D eigenvalue weighted by Crippen LogP contribution is 2.56. The fourth-order valence-corrected chi connectivity index (χ4v) is 8.46. The van der Waals surface area contributed by atoms with Gasteiger partial charge in [-0.25, -0.2) is 0 Å². The standard InChI is InChI=1S/C38H52ClN.C4H3F3/c1-5-11-31-20-21-32-27-33(13-9-7-8-12-30-18-16-29(6-2)17-19-30)38(36(32)26-31)24-22-37(3,23-25-38)40(4)35-15-10-14-34(39)28-35;1-2-3-4(5,6)7/h10,14-16,18,20-21,26,28,33H,5-9,11-13,17,19,22-25,27H2,1-4H3;3H,1H2. The first-order chi connectivity index (χ1) is 22.4. The van der Waals surface area contributed by atoms with Crippen LogP contribution in [0.1, 0.15) is 121 Å². The van der Waals surface area contributed by atoms with Gasteiger partial charge in [0.1, 0.15) is 0 Å². The molecular weight excluding hydrogens is 611 g/mol. The Bertz CT molecular complexity index is 1440. The molecular formula is C42H55ClF3N.